The minimum Gasteiger partial charge on any atom is -0.464 e. The van der Waals surface area contributed by atoms with Crippen molar-refractivity contribution in [1.29, 1.82) is 0 Å². The molecule has 0 fully saturated rings. The van der Waals surface area contributed by atoms with E-state index >= 15 is 0 Å². The highest BCUT2D eigenvalue weighted by Crippen LogP contribution is 2.06. The molecule has 0 saturated heterocycles. The summed E-state index contributed by atoms with van der Waals surface area (Å²) in [4.78, 5) is 22.8. The average Bonchev–Trinajstić information content (AvgIpc) is 2.46. The minimum atomic E-state index is -0.839. The molecular formula is C6H6ClN3O3. The molecular weight excluding hydrogens is 198 g/mol. The number of rotatable bonds is 2. The van der Waals surface area contributed by atoms with E-state index < -0.39 is 11.2 Å². The Morgan fingerprint density at radius 2 is 1.92 bits per heavy atom. The molecule has 0 aromatic carbocycles. The highest BCUT2D eigenvalue weighted by Gasteiger charge is 2.22. The Morgan fingerprint density at radius 1 is 1.38 bits per heavy atom. The number of aromatic nitrogens is 3. The number of esters is 1. The Balaban J connectivity index is 3.19. The summed E-state index contributed by atoms with van der Waals surface area (Å²) in [5.74, 6) is -0.739. The van der Waals surface area contributed by atoms with Crippen LogP contribution in [0, 0.1) is 0 Å². The Bertz CT molecular complexity index is 360. The maximum atomic E-state index is 11.0. The number of halogens is 1. The second-order valence-electron chi connectivity index (χ2n) is 2.15. The highest BCUT2D eigenvalue weighted by atomic mass is 35.5. The first-order chi connectivity index (χ1) is 6.06. The molecule has 0 unspecified atom stereocenters. The topological polar surface area (TPSA) is 74.1 Å². The fourth-order valence-corrected chi connectivity index (χ4v) is 0.900. The number of hydrogen-bond acceptors (Lipinski definition) is 5. The van der Waals surface area contributed by atoms with E-state index in [-0.39, 0.29) is 11.4 Å². The van der Waals surface area contributed by atoms with Crippen LogP contribution in [-0.2, 0) is 11.8 Å². The Labute approximate surface area is 78.4 Å². The lowest BCUT2D eigenvalue weighted by Crippen LogP contribution is -2.07. The molecule has 1 aromatic heterocycles. The van der Waals surface area contributed by atoms with E-state index in [1.54, 1.807) is 0 Å². The normalized spacial score (nSPS) is 9.77. The van der Waals surface area contributed by atoms with Gasteiger partial charge >= 0.3 is 5.97 Å². The third kappa shape index (κ3) is 1.83. The van der Waals surface area contributed by atoms with Crippen LogP contribution in [-0.4, -0.2) is 33.3 Å². The second-order valence-corrected chi connectivity index (χ2v) is 2.50. The lowest BCUT2D eigenvalue weighted by Gasteiger charge is -1.92. The van der Waals surface area contributed by atoms with Gasteiger partial charge < -0.3 is 4.74 Å². The molecule has 0 spiro atoms. The SMILES string of the molecule is COC(=O)c1nn(C)nc1C(=O)Cl. The van der Waals surface area contributed by atoms with Crippen molar-refractivity contribution in [2.24, 2.45) is 7.05 Å². The maximum absolute atomic E-state index is 11.0. The Morgan fingerprint density at radius 3 is 2.38 bits per heavy atom. The van der Waals surface area contributed by atoms with Gasteiger partial charge in [-0.25, -0.2) is 4.79 Å². The average molecular weight is 204 g/mol. The first kappa shape index (κ1) is 9.66. The van der Waals surface area contributed by atoms with Crippen LogP contribution in [0.2, 0.25) is 0 Å². The van der Waals surface area contributed by atoms with Gasteiger partial charge in [0.1, 0.15) is 0 Å². The smallest absolute Gasteiger partial charge is 0.361 e. The van der Waals surface area contributed by atoms with Crippen molar-refractivity contribution >= 4 is 22.8 Å². The van der Waals surface area contributed by atoms with Crippen LogP contribution in [0.3, 0.4) is 0 Å². The fraction of sp³-hybridized carbons (Fsp3) is 0.333. The predicted octanol–water partition coefficient (Wildman–Crippen LogP) is -0.0193. The molecule has 0 N–H and O–H groups in total. The quantitative estimate of drug-likeness (QED) is 0.499. The molecule has 7 heteroatoms. The van der Waals surface area contributed by atoms with Crippen molar-refractivity contribution in [3.63, 3.8) is 0 Å². The Hall–Kier alpha value is -1.43. The van der Waals surface area contributed by atoms with Gasteiger partial charge in [0.05, 0.1) is 7.11 Å². The lowest BCUT2D eigenvalue weighted by molar-refractivity contribution is 0.0590. The van der Waals surface area contributed by atoms with Gasteiger partial charge in [-0.3, -0.25) is 4.79 Å². The minimum absolute atomic E-state index is 0.176. The van der Waals surface area contributed by atoms with Crippen LogP contribution >= 0.6 is 11.6 Å². The molecule has 0 bridgehead atoms. The summed E-state index contributed by atoms with van der Waals surface area (Å²) in [7, 11) is 2.65. The molecule has 0 aliphatic rings. The standard InChI is InChI=1S/C6H6ClN3O3/c1-10-8-3(5(7)11)4(9-10)6(12)13-2/h1-2H3. The van der Waals surface area contributed by atoms with Crippen LogP contribution < -0.4 is 0 Å². The van der Waals surface area contributed by atoms with Gasteiger partial charge in [0.15, 0.2) is 5.69 Å². The van der Waals surface area contributed by atoms with E-state index in [0.29, 0.717) is 0 Å². The van der Waals surface area contributed by atoms with Crippen LogP contribution in [0.1, 0.15) is 21.0 Å². The molecule has 0 atom stereocenters. The zero-order valence-corrected chi connectivity index (χ0v) is 7.70. The molecule has 1 rings (SSSR count). The van der Waals surface area contributed by atoms with Crippen molar-refractivity contribution < 1.29 is 14.3 Å². The molecule has 0 aliphatic heterocycles. The third-order valence-corrected chi connectivity index (χ3v) is 1.46. The summed E-state index contributed by atoms with van der Waals surface area (Å²) in [5.41, 5.74) is -0.374. The molecule has 1 aromatic rings. The first-order valence-electron chi connectivity index (χ1n) is 3.25. The van der Waals surface area contributed by atoms with Crippen LogP contribution in [0.4, 0.5) is 0 Å². The maximum Gasteiger partial charge on any atom is 0.361 e. The van der Waals surface area contributed by atoms with Gasteiger partial charge in [0.25, 0.3) is 5.24 Å². The molecule has 0 amide bonds. The summed E-state index contributed by atoms with van der Waals surface area (Å²) < 4.78 is 4.37. The van der Waals surface area contributed by atoms with Crippen molar-refractivity contribution in [3.05, 3.63) is 11.4 Å². The van der Waals surface area contributed by atoms with E-state index in [0.717, 1.165) is 4.80 Å². The fourth-order valence-electron chi connectivity index (χ4n) is 0.773. The van der Waals surface area contributed by atoms with E-state index in [9.17, 15) is 9.59 Å². The zero-order valence-electron chi connectivity index (χ0n) is 6.94. The molecule has 70 valence electrons. The number of hydrogen-bond donors (Lipinski definition) is 0. The van der Waals surface area contributed by atoms with Crippen molar-refractivity contribution in [2.75, 3.05) is 7.11 Å². The van der Waals surface area contributed by atoms with Crippen molar-refractivity contribution in [1.82, 2.24) is 15.0 Å². The van der Waals surface area contributed by atoms with Gasteiger partial charge in [0.2, 0.25) is 5.69 Å². The van der Waals surface area contributed by atoms with Gasteiger partial charge in [-0.15, -0.1) is 10.2 Å². The number of methoxy groups -OCH3 is 1. The van der Waals surface area contributed by atoms with E-state index in [2.05, 4.69) is 14.9 Å². The van der Waals surface area contributed by atoms with Crippen LogP contribution in [0.25, 0.3) is 0 Å². The number of carbonyl (C=O) groups is 2. The van der Waals surface area contributed by atoms with E-state index in [1.165, 1.54) is 14.2 Å². The number of carbonyl (C=O) groups excluding carboxylic acids is 2. The summed E-state index contributed by atoms with van der Waals surface area (Å²) in [6.45, 7) is 0. The molecule has 0 radical (unpaired) electrons. The molecule has 6 nitrogen and oxygen atoms in total. The molecule has 0 saturated carbocycles. The Kier molecular flexibility index (Phi) is 2.62. The van der Waals surface area contributed by atoms with Crippen molar-refractivity contribution in [2.45, 2.75) is 0 Å². The second kappa shape index (κ2) is 3.53. The number of aryl methyl sites for hydroxylation is 1. The number of ether oxygens (including phenoxy) is 1. The van der Waals surface area contributed by atoms with E-state index in [4.69, 9.17) is 11.6 Å². The van der Waals surface area contributed by atoms with Gasteiger partial charge in [0, 0.05) is 7.05 Å². The molecule has 1 heterocycles. The van der Waals surface area contributed by atoms with E-state index in [1.807, 2.05) is 0 Å². The summed E-state index contributed by atoms with van der Waals surface area (Å²) >= 11 is 5.16. The van der Waals surface area contributed by atoms with Crippen LogP contribution in [0.15, 0.2) is 0 Å². The number of nitrogens with zero attached hydrogens (tertiary/aromatic N) is 3. The van der Waals surface area contributed by atoms with Crippen LogP contribution in [0.5, 0.6) is 0 Å². The molecule has 0 aliphatic carbocycles. The van der Waals surface area contributed by atoms with Gasteiger partial charge in [-0.05, 0) is 11.6 Å². The monoisotopic (exact) mass is 203 g/mol. The van der Waals surface area contributed by atoms with Gasteiger partial charge in [-0.2, -0.15) is 4.80 Å². The third-order valence-electron chi connectivity index (χ3n) is 1.28. The summed E-state index contributed by atoms with van der Waals surface area (Å²) in [6.07, 6.45) is 0. The van der Waals surface area contributed by atoms with Crippen molar-refractivity contribution in [3.8, 4) is 0 Å². The molecule has 13 heavy (non-hydrogen) atoms. The summed E-state index contributed by atoms with van der Waals surface area (Å²) in [6, 6.07) is 0. The zero-order chi connectivity index (χ0) is 10.0. The summed E-state index contributed by atoms with van der Waals surface area (Å²) in [5, 5.41) is 6.39. The lowest BCUT2D eigenvalue weighted by atomic mass is 10.3. The largest absolute Gasteiger partial charge is 0.464 e. The van der Waals surface area contributed by atoms with Gasteiger partial charge in [-0.1, -0.05) is 0 Å². The first-order valence-corrected chi connectivity index (χ1v) is 3.63. The highest BCUT2D eigenvalue weighted by molar-refractivity contribution is 6.67. The predicted molar refractivity (Wildman–Crippen MR) is 42.5 cm³/mol.